The summed E-state index contributed by atoms with van der Waals surface area (Å²) in [4.78, 5) is 2.41. The molecule has 0 amide bonds. The van der Waals surface area contributed by atoms with Crippen molar-refractivity contribution in [3.63, 3.8) is 0 Å². The van der Waals surface area contributed by atoms with E-state index in [-0.39, 0.29) is 5.54 Å². The fourth-order valence-electron chi connectivity index (χ4n) is 2.75. The van der Waals surface area contributed by atoms with E-state index in [4.69, 9.17) is 9.47 Å². The number of hydrogen-bond donors (Lipinski definition) is 1. The molecule has 0 bridgehead atoms. The first-order valence-electron chi connectivity index (χ1n) is 6.83. The number of nitrogens with one attached hydrogen (secondary N) is 1. The molecule has 19 heavy (non-hydrogen) atoms. The molecular formula is C15H24N2O2. The maximum Gasteiger partial charge on any atom is 0.119 e. The van der Waals surface area contributed by atoms with E-state index >= 15 is 0 Å². The van der Waals surface area contributed by atoms with Crippen molar-refractivity contribution in [2.45, 2.75) is 18.4 Å². The van der Waals surface area contributed by atoms with Crippen LogP contribution in [0.3, 0.4) is 0 Å². The molecule has 1 heterocycles. The second-order valence-electron chi connectivity index (χ2n) is 5.24. The molecule has 0 saturated carbocycles. The van der Waals surface area contributed by atoms with Crippen LogP contribution in [0.1, 0.15) is 12.8 Å². The van der Waals surface area contributed by atoms with Gasteiger partial charge in [0, 0.05) is 6.54 Å². The van der Waals surface area contributed by atoms with E-state index in [1.165, 1.54) is 12.8 Å². The lowest BCUT2D eigenvalue weighted by molar-refractivity contribution is 0.0976. The standard InChI is InChI=1S/C15H24N2O2/c1-16-11-15(9-4-10-17(15)2)12-19-14-7-5-13(18-3)6-8-14/h5-8,16H,4,9-12H2,1-3H3. The lowest BCUT2D eigenvalue weighted by atomic mass is 9.97. The number of hydrogen-bond acceptors (Lipinski definition) is 4. The molecule has 0 aromatic heterocycles. The Labute approximate surface area is 115 Å². The van der Waals surface area contributed by atoms with Gasteiger partial charge in [-0.2, -0.15) is 0 Å². The monoisotopic (exact) mass is 264 g/mol. The summed E-state index contributed by atoms with van der Waals surface area (Å²) in [7, 11) is 5.86. The van der Waals surface area contributed by atoms with Gasteiger partial charge in [0.05, 0.1) is 12.6 Å². The third-order valence-electron chi connectivity index (χ3n) is 4.02. The number of methoxy groups -OCH3 is 1. The quantitative estimate of drug-likeness (QED) is 0.849. The Kier molecular flexibility index (Phi) is 4.66. The van der Waals surface area contributed by atoms with E-state index in [1.54, 1.807) is 7.11 Å². The molecule has 1 aliphatic rings. The van der Waals surface area contributed by atoms with Crippen LogP contribution in [0.5, 0.6) is 11.5 Å². The van der Waals surface area contributed by atoms with Crippen molar-refractivity contribution in [3.05, 3.63) is 24.3 Å². The molecule has 1 N–H and O–H groups in total. The summed E-state index contributed by atoms with van der Waals surface area (Å²) in [6, 6.07) is 7.78. The molecule has 4 nitrogen and oxygen atoms in total. The van der Waals surface area contributed by atoms with Crippen LogP contribution >= 0.6 is 0 Å². The highest BCUT2D eigenvalue weighted by atomic mass is 16.5. The second-order valence-corrected chi connectivity index (χ2v) is 5.24. The number of likely N-dealkylation sites (N-methyl/N-ethyl adjacent to an activating group) is 2. The van der Waals surface area contributed by atoms with Gasteiger partial charge in [-0.15, -0.1) is 0 Å². The van der Waals surface area contributed by atoms with E-state index in [0.717, 1.165) is 31.2 Å². The first kappa shape index (κ1) is 14.2. The van der Waals surface area contributed by atoms with Crippen molar-refractivity contribution >= 4 is 0 Å². The molecule has 1 unspecified atom stereocenters. The first-order chi connectivity index (χ1) is 9.20. The number of rotatable bonds is 6. The van der Waals surface area contributed by atoms with Gasteiger partial charge in [-0.1, -0.05) is 0 Å². The van der Waals surface area contributed by atoms with Crippen molar-refractivity contribution < 1.29 is 9.47 Å². The Hall–Kier alpha value is -1.26. The van der Waals surface area contributed by atoms with E-state index < -0.39 is 0 Å². The largest absolute Gasteiger partial charge is 0.497 e. The fourth-order valence-corrected chi connectivity index (χ4v) is 2.75. The Morgan fingerprint density at radius 1 is 1.26 bits per heavy atom. The Balaban J connectivity index is 1.98. The van der Waals surface area contributed by atoms with Gasteiger partial charge in [-0.05, 0) is 57.7 Å². The van der Waals surface area contributed by atoms with Crippen LogP contribution in [0, 0.1) is 0 Å². The summed E-state index contributed by atoms with van der Waals surface area (Å²) in [5, 5.41) is 3.29. The minimum atomic E-state index is 0.120. The zero-order chi connectivity index (χ0) is 13.7. The minimum absolute atomic E-state index is 0.120. The van der Waals surface area contributed by atoms with E-state index in [1.807, 2.05) is 31.3 Å². The predicted molar refractivity (Wildman–Crippen MR) is 77.0 cm³/mol. The van der Waals surface area contributed by atoms with Gasteiger partial charge in [-0.3, -0.25) is 4.90 Å². The maximum atomic E-state index is 5.98. The van der Waals surface area contributed by atoms with Crippen molar-refractivity contribution in [2.75, 3.05) is 40.9 Å². The summed E-state index contributed by atoms with van der Waals surface area (Å²) in [6.07, 6.45) is 2.42. The van der Waals surface area contributed by atoms with Gasteiger partial charge in [-0.25, -0.2) is 0 Å². The average molecular weight is 264 g/mol. The highest BCUT2D eigenvalue weighted by molar-refractivity contribution is 5.31. The van der Waals surface area contributed by atoms with Crippen LogP contribution in [0.15, 0.2) is 24.3 Å². The summed E-state index contributed by atoms with van der Waals surface area (Å²) in [5.41, 5.74) is 0.120. The van der Waals surface area contributed by atoms with Gasteiger partial charge < -0.3 is 14.8 Å². The van der Waals surface area contributed by atoms with Crippen molar-refractivity contribution in [1.82, 2.24) is 10.2 Å². The molecule has 0 aliphatic carbocycles. The molecule has 1 atom stereocenters. The average Bonchev–Trinajstić information content (AvgIpc) is 2.79. The molecule has 0 spiro atoms. The van der Waals surface area contributed by atoms with Crippen LogP contribution in [-0.2, 0) is 0 Å². The van der Waals surface area contributed by atoms with Crippen LogP contribution in [0.4, 0.5) is 0 Å². The predicted octanol–water partition coefficient (Wildman–Crippen LogP) is 1.76. The minimum Gasteiger partial charge on any atom is -0.497 e. The fraction of sp³-hybridized carbons (Fsp3) is 0.600. The third-order valence-corrected chi connectivity index (χ3v) is 4.02. The van der Waals surface area contributed by atoms with Gasteiger partial charge >= 0.3 is 0 Å². The van der Waals surface area contributed by atoms with Crippen LogP contribution in [0.25, 0.3) is 0 Å². The SMILES string of the molecule is CNCC1(COc2ccc(OC)cc2)CCCN1C. The van der Waals surface area contributed by atoms with Gasteiger partial charge in [0.25, 0.3) is 0 Å². The summed E-state index contributed by atoms with van der Waals surface area (Å²) >= 11 is 0. The lowest BCUT2D eigenvalue weighted by Gasteiger charge is -2.35. The van der Waals surface area contributed by atoms with Crippen molar-refractivity contribution in [3.8, 4) is 11.5 Å². The van der Waals surface area contributed by atoms with E-state index in [0.29, 0.717) is 0 Å². The maximum absolute atomic E-state index is 5.98. The molecule has 4 heteroatoms. The van der Waals surface area contributed by atoms with Gasteiger partial charge in [0.1, 0.15) is 18.1 Å². The molecule has 1 aliphatic heterocycles. The zero-order valence-electron chi connectivity index (χ0n) is 12.1. The van der Waals surface area contributed by atoms with Gasteiger partial charge in [0.15, 0.2) is 0 Å². The Morgan fingerprint density at radius 2 is 1.95 bits per heavy atom. The smallest absolute Gasteiger partial charge is 0.119 e. The number of likely N-dealkylation sites (tertiary alicyclic amines) is 1. The topological polar surface area (TPSA) is 33.7 Å². The van der Waals surface area contributed by atoms with Crippen LogP contribution < -0.4 is 14.8 Å². The highest BCUT2D eigenvalue weighted by Crippen LogP contribution is 2.28. The number of ether oxygens (including phenoxy) is 2. The molecule has 106 valence electrons. The summed E-state index contributed by atoms with van der Waals surface area (Å²) in [5.74, 6) is 1.76. The van der Waals surface area contributed by atoms with Crippen LogP contribution in [0.2, 0.25) is 0 Å². The van der Waals surface area contributed by atoms with Crippen LogP contribution in [-0.4, -0.2) is 51.3 Å². The Morgan fingerprint density at radius 3 is 2.47 bits per heavy atom. The van der Waals surface area contributed by atoms with Crippen molar-refractivity contribution in [2.24, 2.45) is 0 Å². The molecular weight excluding hydrogens is 240 g/mol. The van der Waals surface area contributed by atoms with Gasteiger partial charge in [0.2, 0.25) is 0 Å². The molecule has 1 aromatic rings. The lowest BCUT2D eigenvalue weighted by Crippen LogP contribution is -2.52. The van der Waals surface area contributed by atoms with Crippen molar-refractivity contribution in [1.29, 1.82) is 0 Å². The third kappa shape index (κ3) is 3.19. The molecule has 2 rings (SSSR count). The molecule has 1 fully saturated rings. The second kappa shape index (κ2) is 6.26. The molecule has 0 radical (unpaired) electrons. The first-order valence-corrected chi connectivity index (χ1v) is 6.83. The van der Waals surface area contributed by atoms with E-state index in [2.05, 4.69) is 17.3 Å². The normalized spacial score (nSPS) is 23.5. The summed E-state index contributed by atoms with van der Waals surface area (Å²) in [6.45, 7) is 2.82. The highest BCUT2D eigenvalue weighted by Gasteiger charge is 2.38. The number of benzene rings is 1. The zero-order valence-corrected chi connectivity index (χ0v) is 12.1. The molecule has 1 aromatic carbocycles. The Bertz CT molecular complexity index is 394. The summed E-state index contributed by atoms with van der Waals surface area (Å²) < 4.78 is 11.1. The van der Waals surface area contributed by atoms with E-state index in [9.17, 15) is 0 Å². The molecule has 1 saturated heterocycles. The number of nitrogens with zero attached hydrogens (tertiary/aromatic N) is 1.